The van der Waals surface area contributed by atoms with Crippen LogP contribution in [0.2, 0.25) is 0 Å². The van der Waals surface area contributed by atoms with Crippen LogP contribution in [0.4, 0.5) is 0 Å². The van der Waals surface area contributed by atoms with Crippen molar-refractivity contribution < 1.29 is 47.7 Å². The number of ether oxygens (including phenoxy) is 5. The molecular weight excluding hydrogens is 492 g/mol. The lowest BCUT2D eigenvalue weighted by Gasteiger charge is -2.44. The van der Waals surface area contributed by atoms with Gasteiger partial charge in [0.1, 0.15) is 18.1 Å². The minimum absolute atomic E-state index is 0.311. The first-order valence-electron chi connectivity index (χ1n) is 10.0. The molecule has 2 heterocycles. The Kier molecular flexibility index (Phi) is 9.94. The molecule has 0 aromatic carbocycles. The fourth-order valence-electron chi connectivity index (χ4n) is 3.25. The largest absolute Gasteiger partial charge is 0.463 e. The minimum atomic E-state index is -1.28. The third-order valence-corrected chi connectivity index (χ3v) is 6.87. The van der Waals surface area contributed by atoms with E-state index in [2.05, 4.69) is 10.5 Å². The molecular formula is C20H26N2O10S2. The van der Waals surface area contributed by atoms with Crippen molar-refractivity contribution in [3.8, 4) is 0 Å². The molecule has 1 N–H and O–H groups in total. The van der Waals surface area contributed by atoms with Gasteiger partial charge in [-0.3, -0.25) is 24.0 Å². The molecule has 0 saturated carbocycles. The summed E-state index contributed by atoms with van der Waals surface area (Å²) in [4.78, 5) is 59.3. The van der Waals surface area contributed by atoms with Gasteiger partial charge in [0.25, 0.3) is 5.91 Å². The number of rotatable bonds is 8. The van der Waals surface area contributed by atoms with E-state index in [-0.39, 0.29) is 6.61 Å². The maximum absolute atomic E-state index is 12.3. The summed E-state index contributed by atoms with van der Waals surface area (Å²) in [6.07, 6.45) is -3.09. The van der Waals surface area contributed by atoms with Gasteiger partial charge in [-0.05, 0) is 13.2 Å². The number of nitrogens with one attached hydrogen (secondary N) is 1. The molecule has 1 fully saturated rings. The third-order valence-electron chi connectivity index (χ3n) is 4.47. The molecule has 12 nitrogen and oxygen atoms in total. The first-order valence-corrected chi connectivity index (χ1v) is 12.1. The number of hydrogen-bond donors (Lipinski definition) is 1. The lowest BCUT2D eigenvalue weighted by Crippen LogP contribution is -2.61. The number of esters is 4. The van der Waals surface area contributed by atoms with Gasteiger partial charge < -0.3 is 23.7 Å². The molecule has 1 saturated heterocycles. The molecule has 5 atom stereocenters. The van der Waals surface area contributed by atoms with Crippen LogP contribution in [0, 0.1) is 0 Å². The molecule has 188 valence electrons. The van der Waals surface area contributed by atoms with Crippen molar-refractivity contribution in [2.45, 2.75) is 64.5 Å². The van der Waals surface area contributed by atoms with Crippen molar-refractivity contribution >= 4 is 59.0 Å². The maximum atomic E-state index is 12.3. The highest BCUT2D eigenvalue weighted by Crippen LogP contribution is 2.42. The highest BCUT2D eigenvalue weighted by atomic mass is 32.2. The minimum Gasteiger partial charge on any atom is -0.463 e. The predicted molar refractivity (Wildman–Crippen MR) is 121 cm³/mol. The van der Waals surface area contributed by atoms with Crippen LogP contribution in [-0.4, -0.2) is 78.2 Å². The Labute approximate surface area is 204 Å². The predicted octanol–water partition coefficient (Wildman–Crippen LogP) is 0.883. The van der Waals surface area contributed by atoms with E-state index in [1.807, 2.05) is 0 Å². The van der Waals surface area contributed by atoms with Gasteiger partial charge in [-0.15, -0.1) is 11.8 Å². The van der Waals surface area contributed by atoms with Crippen LogP contribution in [0.15, 0.2) is 14.9 Å². The van der Waals surface area contributed by atoms with Crippen LogP contribution >= 0.6 is 23.5 Å². The normalized spacial score (nSPS) is 27.8. The molecule has 2 aliphatic heterocycles. The second kappa shape index (κ2) is 12.2. The smallest absolute Gasteiger partial charge is 0.303 e. The average molecular weight is 519 g/mol. The fraction of sp³-hybridized carbons (Fsp3) is 0.600. The molecule has 0 spiro atoms. The molecule has 2 aliphatic rings. The molecule has 0 unspecified atom stereocenters. The van der Waals surface area contributed by atoms with E-state index in [9.17, 15) is 24.0 Å². The summed E-state index contributed by atoms with van der Waals surface area (Å²) >= 11 is 2.28. The number of amides is 1. The van der Waals surface area contributed by atoms with E-state index in [1.165, 1.54) is 18.7 Å². The molecule has 14 heteroatoms. The third kappa shape index (κ3) is 7.21. The van der Waals surface area contributed by atoms with Crippen molar-refractivity contribution in [2.75, 3.05) is 12.9 Å². The van der Waals surface area contributed by atoms with Gasteiger partial charge in [0.2, 0.25) is 0 Å². The highest BCUT2D eigenvalue weighted by Gasteiger charge is 2.52. The molecule has 0 aromatic heterocycles. The first kappa shape index (κ1) is 27.7. The Bertz CT molecular complexity index is 919. The van der Waals surface area contributed by atoms with E-state index in [0.29, 0.717) is 15.5 Å². The molecule has 0 radical (unpaired) electrons. The van der Waals surface area contributed by atoms with Gasteiger partial charge in [0.15, 0.2) is 18.3 Å². The number of nitrogens with zero attached hydrogens (tertiary/aromatic N) is 1. The van der Waals surface area contributed by atoms with Gasteiger partial charge in [0, 0.05) is 27.7 Å². The fourth-order valence-corrected chi connectivity index (χ4v) is 5.48. The van der Waals surface area contributed by atoms with Crippen molar-refractivity contribution in [2.24, 2.45) is 5.10 Å². The van der Waals surface area contributed by atoms with Gasteiger partial charge in [-0.2, -0.15) is 5.10 Å². The summed E-state index contributed by atoms with van der Waals surface area (Å²) in [6.45, 7) is 5.96. The number of hydrogen-bond acceptors (Lipinski definition) is 13. The highest BCUT2D eigenvalue weighted by molar-refractivity contribution is 8.22. The molecule has 0 aliphatic carbocycles. The van der Waals surface area contributed by atoms with Crippen molar-refractivity contribution in [3.63, 3.8) is 0 Å². The zero-order valence-corrected chi connectivity index (χ0v) is 21.1. The summed E-state index contributed by atoms with van der Waals surface area (Å²) in [5.74, 6) is -3.17. The Hall–Kier alpha value is -2.58. The van der Waals surface area contributed by atoms with Crippen LogP contribution in [0.5, 0.6) is 0 Å². The van der Waals surface area contributed by atoms with Crippen LogP contribution in [0.3, 0.4) is 0 Å². The van der Waals surface area contributed by atoms with Crippen molar-refractivity contribution in [3.05, 3.63) is 9.81 Å². The number of thioether (sulfide) groups is 2. The van der Waals surface area contributed by atoms with E-state index < -0.39 is 59.6 Å². The number of hydrazone groups is 1. The van der Waals surface area contributed by atoms with Crippen molar-refractivity contribution in [1.82, 2.24) is 5.43 Å². The van der Waals surface area contributed by atoms with E-state index in [4.69, 9.17) is 23.7 Å². The average Bonchev–Trinajstić information content (AvgIpc) is 3.06. The van der Waals surface area contributed by atoms with E-state index in [1.54, 1.807) is 13.2 Å². The molecule has 34 heavy (non-hydrogen) atoms. The summed E-state index contributed by atoms with van der Waals surface area (Å²) < 4.78 is 27.8. The Balaban J connectivity index is 2.53. The number of carbonyl (C=O) groups excluding carboxylic acids is 5. The van der Waals surface area contributed by atoms with Crippen molar-refractivity contribution in [1.29, 1.82) is 0 Å². The lowest BCUT2D eigenvalue weighted by molar-refractivity contribution is -0.237. The van der Waals surface area contributed by atoms with Crippen LogP contribution in [0.25, 0.3) is 0 Å². The van der Waals surface area contributed by atoms with Gasteiger partial charge in [-0.1, -0.05) is 11.8 Å². The van der Waals surface area contributed by atoms with Crippen LogP contribution in [0.1, 0.15) is 34.6 Å². The second-order valence-electron chi connectivity index (χ2n) is 7.19. The Morgan fingerprint density at radius 3 is 1.97 bits per heavy atom. The topological polar surface area (TPSA) is 156 Å². The summed E-state index contributed by atoms with van der Waals surface area (Å²) in [6, 6.07) is 0. The zero-order chi connectivity index (χ0) is 25.6. The van der Waals surface area contributed by atoms with Crippen LogP contribution in [-0.2, 0) is 47.7 Å². The molecule has 1 amide bonds. The molecule has 2 rings (SSSR count). The summed E-state index contributed by atoms with van der Waals surface area (Å²) in [7, 11) is 0. The quantitative estimate of drug-likeness (QED) is 0.275. The standard InChI is InChI=1S/C20H26N2O10S2/c1-8-14(18(27)22-21-8)20(33-6)34-19-17(31-12(5)26)16(30-11(4)25)15(29-10(3)24)13(32-19)7-28-9(2)23/h13,15-17,19H,7H2,1-6H3,(H,22,27)/b20-14+/t13-,15+,16+,17-,19+/m1/s1. The van der Waals surface area contributed by atoms with Gasteiger partial charge in [0.05, 0.1) is 15.5 Å². The SMILES string of the molecule is CS/C(S[C@@H]1O[C@H](COC(C)=O)[C@H](OC(C)=O)[C@H](OC(C)=O)[C@H]1OC(C)=O)=C1\C(=O)NN=C1C. The zero-order valence-electron chi connectivity index (χ0n) is 19.4. The second-order valence-corrected chi connectivity index (χ2v) is 9.37. The monoisotopic (exact) mass is 518 g/mol. The first-order chi connectivity index (χ1) is 15.9. The maximum Gasteiger partial charge on any atom is 0.303 e. The van der Waals surface area contributed by atoms with Gasteiger partial charge >= 0.3 is 23.9 Å². The van der Waals surface area contributed by atoms with E-state index >= 15 is 0 Å². The summed E-state index contributed by atoms with van der Waals surface area (Å²) in [5, 5.41) is 3.91. The van der Waals surface area contributed by atoms with E-state index in [0.717, 1.165) is 32.5 Å². The molecule has 0 aromatic rings. The number of carbonyl (C=O) groups is 5. The Morgan fingerprint density at radius 1 is 0.941 bits per heavy atom. The molecule has 0 bridgehead atoms. The van der Waals surface area contributed by atoms with Crippen LogP contribution < -0.4 is 5.43 Å². The van der Waals surface area contributed by atoms with Gasteiger partial charge in [-0.25, -0.2) is 5.43 Å². The lowest BCUT2D eigenvalue weighted by atomic mass is 9.99. The summed E-state index contributed by atoms with van der Waals surface area (Å²) in [5.41, 5.74) is 2.11. The Morgan fingerprint density at radius 2 is 1.50 bits per heavy atom.